The molecule has 2 aliphatic heterocycles. The van der Waals surface area contributed by atoms with Crippen molar-refractivity contribution in [1.82, 2.24) is 14.9 Å². The molecule has 220 valence electrons. The van der Waals surface area contributed by atoms with Crippen molar-refractivity contribution in [3.63, 3.8) is 0 Å². The van der Waals surface area contributed by atoms with Gasteiger partial charge in [-0.2, -0.15) is 0 Å². The maximum atomic E-state index is 13.7. The van der Waals surface area contributed by atoms with Crippen molar-refractivity contribution in [3.8, 4) is 0 Å². The summed E-state index contributed by atoms with van der Waals surface area (Å²) in [6.07, 6.45) is -0.932. The number of pyridine rings is 1. The average Bonchev–Trinajstić information content (AvgIpc) is 3.17. The van der Waals surface area contributed by atoms with E-state index < -0.39 is 41.7 Å². The van der Waals surface area contributed by atoms with Crippen LogP contribution in [0.4, 0.5) is 15.4 Å². The summed E-state index contributed by atoms with van der Waals surface area (Å²) in [6.45, 7) is 24.4. The molecule has 0 aliphatic carbocycles. The zero-order chi connectivity index (χ0) is 30.0. The van der Waals surface area contributed by atoms with E-state index in [1.807, 2.05) is 81.4 Å². The third-order valence-corrected chi connectivity index (χ3v) is 7.43. The number of nitrogens with zero attached hydrogens (tertiary/aromatic N) is 3. The summed E-state index contributed by atoms with van der Waals surface area (Å²) in [7, 11) is -0.779. The number of amides is 1. The maximum Gasteiger partial charge on any atom is 0.513 e. The van der Waals surface area contributed by atoms with Crippen molar-refractivity contribution in [2.45, 2.75) is 117 Å². The summed E-state index contributed by atoms with van der Waals surface area (Å²) in [6, 6.07) is 3.76. The molecular weight excluding hydrogens is 511 g/mol. The van der Waals surface area contributed by atoms with Crippen LogP contribution in [0.2, 0.25) is 0 Å². The Balaban J connectivity index is 1.73. The Hall–Kier alpha value is -2.79. The number of ether oxygens (including phenoxy) is 2. The van der Waals surface area contributed by atoms with Crippen LogP contribution in [0, 0.1) is 0 Å². The molecule has 40 heavy (non-hydrogen) atoms. The van der Waals surface area contributed by atoms with Gasteiger partial charge in [0.15, 0.2) is 0 Å². The van der Waals surface area contributed by atoms with E-state index in [-0.39, 0.29) is 12.0 Å². The summed E-state index contributed by atoms with van der Waals surface area (Å²) < 4.78 is 25.7. The Morgan fingerprint density at radius 3 is 2.05 bits per heavy atom. The Morgan fingerprint density at radius 2 is 1.55 bits per heavy atom. The standard InChI is InChI=1S/C29H45BN4O6/c1-17(2)21-22-19(13-14-20(32-22)33-15-18(16-33)31-24(35)37-26(3,4)5)34(25(36)38-27(6,7)8)23(21)30-39-28(9,10)29(11,12)40-30/h13-14,17-18H,15-16H2,1-12H3,(H,31,35). The largest absolute Gasteiger partial charge is 0.513 e. The van der Waals surface area contributed by atoms with Gasteiger partial charge in [-0.25, -0.2) is 14.6 Å². The summed E-state index contributed by atoms with van der Waals surface area (Å²) in [5.41, 5.74) is 0.396. The van der Waals surface area contributed by atoms with E-state index in [9.17, 15) is 9.59 Å². The highest BCUT2D eigenvalue weighted by atomic mass is 16.7. The van der Waals surface area contributed by atoms with Crippen molar-refractivity contribution < 1.29 is 28.4 Å². The summed E-state index contributed by atoms with van der Waals surface area (Å²) in [5, 5.41) is 2.91. The van der Waals surface area contributed by atoms with Gasteiger partial charge in [0.25, 0.3) is 0 Å². The number of nitrogens with one attached hydrogen (secondary N) is 1. The van der Waals surface area contributed by atoms with Crippen LogP contribution in [-0.4, -0.2) is 70.4 Å². The number of hydrogen-bond donors (Lipinski definition) is 1. The minimum absolute atomic E-state index is 0.0148. The molecule has 0 atom stereocenters. The molecule has 1 amide bonds. The number of rotatable bonds is 4. The van der Waals surface area contributed by atoms with Gasteiger partial charge in [-0.1, -0.05) is 13.8 Å². The third-order valence-electron chi connectivity index (χ3n) is 7.43. The van der Waals surface area contributed by atoms with Gasteiger partial charge in [0, 0.05) is 13.1 Å². The minimum Gasteiger partial charge on any atom is -0.444 e. The van der Waals surface area contributed by atoms with E-state index >= 15 is 0 Å². The second kappa shape index (κ2) is 9.94. The fourth-order valence-electron chi connectivity index (χ4n) is 4.86. The van der Waals surface area contributed by atoms with Crippen molar-refractivity contribution in [2.24, 2.45) is 0 Å². The Bertz CT molecular complexity index is 1280. The van der Waals surface area contributed by atoms with E-state index in [1.165, 1.54) is 0 Å². The first kappa shape index (κ1) is 30.2. The van der Waals surface area contributed by atoms with Crippen LogP contribution in [0.3, 0.4) is 0 Å². The monoisotopic (exact) mass is 556 g/mol. The molecule has 2 saturated heterocycles. The van der Waals surface area contributed by atoms with Crippen molar-refractivity contribution >= 4 is 41.7 Å². The second-order valence-corrected chi connectivity index (χ2v) is 14.1. The lowest BCUT2D eigenvalue weighted by atomic mass is 9.78. The van der Waals surface area contributed by atoms with E-state index in [2.05, 4.69) is 24.1 Å². The molecule has 2 aromatic rings. The normalized spacial score (nSPS) is 19.2. The molecule has 2 aliphatic rings. The number of carbonyl (C=O) groups excluding carboxylic acids is 2. The number of alkyl carbamates (subject to hydrolysis) is 1. The molecule has 4 rings (SSSR count). The first-order valence-electron chi connectivity index (χ1n) is 14.1. The van der Waals surface area contributed by atoms with Gasteiger partial charge in [-0.05, 0) is 92.9 Å². The Morgan fingerprint density at radius 1 is 1.00 bits per heavy atom. The minimum atomic E-state index is -0.779. The number of anilines is 1. The predicted octanol–water partition coefficient (Wildman–Crippen LogP) is 4.96. The predicted molar refractivity (Wildman–Crippen MR) is 157 cm³/mol. The zero-order valence-corrected chi connectivity index (χ0v) is 26.1. The lowest BCUT2D eigenvalue weighted by molar-refractivity contribution is 0.00578. The lowest BCUT2D eigenvalue weighted by Crippen LogP contribution is -2.60. The molecule has 0 bridgehead atoms. The van der Waals surface area contributed by atoms with Crippen LogP contribution in [0.15, 0.2) is 12.1 Å². The van der Waals surface area contributed by atoms with Crippen LogP contribution in [0.1, 0.15) is 94.6 Å². The molecule has 1 N–H and O–H groups in total. The molecule has 0 saturated carbocycles. The number of carbonyl (C=O) groups is 2. The molecule has 0 aromatic carbocycles. The van der Waals surface area contributed by atoms with Crippen molar-refractivity contribution in [3.05, 3.63) is 17.7 Å². The van der Waals surface area contributed by atoms with Gasteiger partial charge in [0.1, 0.15) is 17.0 Å². The zero-order valence-electron chi connectivity index (χ0n) is 26.1. The fourth-order valence-corrected chi connectivity index (χ4v) is 4.86. The van der Waals surface area contributed by atoms with E-state index in [0.29, 0.717) is 29.7 Å². The molecule has 11 heteroatoms. The summed E-state index contributed by atoms with van der Waals surface area (Å²) >= 11 is 0. The van der Waals surface area contributed by atoms with E-state index in [0.717, 1.165) is 11.4 Å². The number of fused-ring (bicyclic) bond motifs is 1. The third kappa shape index (κ3) is 5.95. The fraction of sp³-hybridized carbons (Fsp3) is 0.690. The molecule has 2 fully saturated rings. The highest BCUT2D eigenvalue weighted by Gasteiger charge is 2.54. The Labute approximate surface area is 238 Å². The van der Waals surface area contributed by atoms with E-state index in [4.69, 9.17) is 23.8 Å². The molecule has 2 aromatic heterocycles. The van der Waals surface area contributed by atoms with Crippen LogP contribution >= 0.6 is 0 Å². The molecule has 4 heterocycles. The molecule has 0 radical (unpaired) electrons. The first-order chi connectivity index (χ1) is 18.2. The van der Waals surface area contributed by atoms with Gasteiger partial charge >= 0.3 is 19.3 Å². The van der Waals surface area contributed by atoms with Crippen LogP contribution in [0.25, 0.3) is 11.0 Å². The summed E-state index contributed by atoms with van der Waals surface area (Å²) in [5.74, 6) is 0.777. The maximum absolute atomic E-state index is 13.7. The molecule has 0 spiro atoms. The molecule has 10 nitrogen and oxygen atoms in total. The quantitative estimate of drug-likeness (QED) is 0.528. The lowest BCUT2D eigenvalue weighted by Gasteiger charge is -2.40. The highest BCUT2D eigenvalue weighted by molar-refractivity contribution is 6.63. The smallest absolute Gasteiger partial charge is 0.444 e. The average molecular weight is 557 g/mol. The molecule has 0 unspecified atom stereocenters. The second-order valence-electron chi connectivity index (χ2n) is 14.1. The van der Waals surface area contributed by atoms with E-state index in [1.54, 1.807) is 4.57 Å². The van der Waals surface area contributed by atoms with Gasteiger partial charge in [-0.3, -0.25) is 4.57 Å². The first-order valence-corrected chi connectivity index (χ1v) is 14.1. The van der Waals surface area contributed by atoms with Crippen LogP contribution < -0.4 is 15.8 Å². The number of aromatic nitrogens is 2. The van der Waals surface area contributed by atoms with Crippen molar-refractivity contribution in [2.75, 3.05) is 18.0 Å². The van der Waals surface area contributed by atoms with Gasteiger partial charge in [0.2, 0.25) is 0 Å². The van der Waals surface area contributed by atoms with Gasteiger partial charge in [0.05, 0.1) is 33.9 Å². The van der Waals surface area contributed by atoms with Crippen LogP contribution in [0.5, 0.6) is 0 Å². The van der Waals surface area contributed by atoms with Gasteiger partial charge in [-0.15, -0.1) is 0 Å². The van der Waals surface area contributed by atoms with Crippen LogP contribution in [-0.2, 0) is 18.8 Å². The SMILES string of the molecule is CC(C)c1c(B2OC(C)(C)C(C)(C)O2)n(C(=O)OC(C)(C)C)c2ccc(N3CC(NC(=O)OC(C)(C)C)C3)nc12. The molecular formula is C29H45BN4O6. The van der Waals surface area contributed by atoms with Crippen molar-refractivity contribution in [1.29, 1.82) is 0 Å². The van der Waals surface area contributed by atoms with Gasteiger partial charge < -0.3 is 29.0 Å². The highest BCUT2D eigenvalue weighted by Crippen LogP contribution is 2.39. The summed E-state index contributed by atoms with van der Waals surface area (Å²) in [4.78, 5) is 33.0. The Kier molecular flexibility index (Phi) is 7.50. The number of hydrogen-bond acceptors (Lipinski definition) is 8. The topological polar surface area (TPSA) is 104 Å².